The van der Waals surface area contributed by atoms with Crippen LogP contribution in [0, 0.1) is 5.82 Å². The van der Waals surface area contributed by atoms with E-state index in [2.05, 4.69) is 11.5 Å². The van der Waals surface area contributed by atoms with Crippen molar-refractivity contribution in [1.82, 2.24) is 14.4 Å². The third kappa shape index (κ3) is 9.45. The minimum atomic E-state index is -0.264. The van der Waals surface area contributed by atoms with Crippen LogP contribution in [-0.4, -0.2) is 52.5 Å². The third-order valence-electron chi connectivity index (χ3n) is 6.46. The Morgan fingerprint density at radius 2 is 1.61 bits per heavy atom. The number of amides is 2. The molecule has 7 heteroatoms. The fourth-order valence-corrected chi connectivity index (χ4v) is 4.31. The number of carbonyl (C=O) groups excluding carboxylic acids is 2. The van der Waals surface area contributed by atoms with Crippen LogP contribution < -0.4 is 0 Å². The molecular weight excluding hydrogens is 481 g/mol. The van der Waals surface area contributed by atoms with Gasteiger partial charge in [0.25, 0.3) is 0 Å². The molecule has 0 aliphatic heterocycles. The van der Waals surface area contributed by atoms with Crippen LogP contribution in [0.15, 0.2) is 72.9 Å². The quantitative estimate of drug-likeness (QED) is 0.229. The van der Waals surface area contributed by atoms with Crippen molar-refractivity contribution in [2.75, 3.05) is 26.3 Å². The van der Waals surface area contributed by atoms with Gasteiger partial charge >= 0.3 is 0 Å². The molecule has 0 N–H and O–H groups in total. The normalized spacial score (nSPS) is 10.9. The Morgan fingerprint density at radius 3 is 2.32 bits per heavy atom. The number of carbonyl (C=O) groups is 2. The van der Waals surface area contributed by atoms with Gasteiger partial charge in [-0.25, -0.2) is 4.39 Å². The minimum Gasteiger partial charge on any atom is -0.382 e. The first-order valence-corrected chi connectivity index (χ1v) is 13.6. The molecule has 0 fully saturated rings. The third-order valence-corrected chi connectivity index (χ3v) is 6.46. The van der Waals surface area contributed by atoms with Gasteiger partial charge in [0.2, 0.25) is 11.8 Å². The van der Waals surface area contributed by atoms with E-state index in [0.717, 1.165) is 29.7 Å². The monoisotopic (exact) mass is 521 g/mol. The smallest absolute Gasteiger partial charge is 0.242 e. The van der Waals surface area contributed by atoms with Crippen LogP contribution in [0.4, 0.5) is 4.39 Å². The fraction of sp³-hybridized carbons (Fsp3) is 0.419. The van der Waals surface area contributed by atoms with Gasteiger partial charge < -0.3 is 19.1 Å². The van der Waals surface area contributed by atoms with Crippen LogP contribution in [0.3, 0.4) is 0 Å². The Morgan fingerprint density at radius 1 is 0.842 bits per heavy atom. The summed E-state index contributed by atoms with van der Waals surface area (Å²) in [4.78, 5) is 30.2. The molecule has 0 aliphatic rings. The molecule has 2 amide bonds. The van der Waals surface area contributed by atoms with Crippen LogP contribution in [0.1, 0.15) is 56.4 Å². The second-order valence-electron chi connectivity index (χ2n) is 9.46. The van der Waals surface area contributed by atoms with Crippen molar-refractivity contribution in [2.24, 2.45) is 0 Å². The first kappa shape index (κ1) is 29.1. The molecule has 0 saturated heterocycles. The van der Waals surface area contributed by atoms with Crippen molar-refractivity contribution in [3.05, 3.63) is 95.6 Å². The van der Waals surface area contributed by atoms with E-state index < -0.39 is 0 Å². The molecule has 0 spiro atoms. The summed E-state index contributed by atoms with van der Waals surface area (Å²) in [5.74, 6) is -0.346. The van der Waals surface area contributed by atoms with Crippen molar-refractivity contribution in [2.45, 2.75) is 59.2 Å². The lowest BCUT2D eigenvalue weighted by molar-refractivity contribution is -0.141. The van der Waals surface area contributed by atoms with E-state index in [9.17, 15) is 14.0 Å². The van der Waals surface area contributed by atoms with Gasteiger partial charge in [0.1, 0.15) is 5.82 Å². The molecule has 6 nitrogen and oxygen atoms in total. The van der Waals surface area contributed by atoms with Gasteiger partial charge in [-0.1, -0.05) is 55.8 Å². The van der Waals surface area contributed by atoms with E-state index in [1.54, 1.807) is 17.0 Å². The molecule has 0 atom stereocenters. The molecule has 204 valence electrons. The number of unbranched alkanes of at least 4 members (excludes halogenated alkanes) is 1. The van der Waals surface area contributed by atoms with Gasteiger partial charge in [-0.15, -0.1) is 0 Å². The van der Waals surface area contributed by atoms with Crippen molar-refractivity contribution >= 4 is 11.8 Å². The summed E-state index contributed by atoms with van der Waals surface area (Å²) >= 11 is 0. The van der Waals surface area contributed by atoms with E-state index in [0.29, 0.717) is 52.2 Å². The van der Waals surface area contributed by atoms with Gasteiger partial charge in [0, 0.05) is 51.2 Å². The standard InChI is InChI=1S/C31H40FN3O3/c1-3-5-14-30(36)34(20-10-21-38-4-2)25-31(37)35(23-26-11-7-6-8-12-26)24-29-13-9-19-33(29)22-27-15-17-28(32)18-16-27/h6-9,11-13,15-19H,3-5,10,14,20-25H2,1-2H3. The molecule has 0 saturated carbocycles. The second kappa shape index (κ2) is 15.7. The van der Waals surface area contributed by atoms with Crippen molar-refractivity contribution in [3.63, 3.8) is 0 Å². The zero-order chi connectivity index (χ0) is 27.2. The van der Waals surface area contributed by atoms with Crippen molar-refractivity contribution < 1.29 is 18.7 Å². The van der Waals surface area contributed by atoms with Gasteiger partial charge in [0.05, 0.1) is 13.1 Å². The summed E-state index contributed by atoms with van der Waals surface area (Å²) in [7, 11) is 0. The summed E-state index contributed by atoms with van der Waals surface area (Å²) in [6.45, 7) is 7.15. The zero-order valence-corrected chi connectivity index (χ0v) is 22.7. The minimum absolute atomic E-state index is 0.0102. The SMILES string of the molecule is CCCCC(=O)N(CCCOCC)CC(=O)N(Cc1ccccc1)Cc1cccn1Cc1ccc(F)cc1. The fourth-order valence-electron chi connectivity index (χ4n) is 4.31. The predicted molar refractivity (Wildman–Crippen MR) is 148 cm³/mol. The molecule has 38 heavy (non-hydrogen) atoms. The lowest BCUT2D eigenvalue weighted by atomic mass is 10.2. The highest BCUT2D eigenvalue weighted by Gasteiger charge is 2.22. The van der Waals surface area contributed by atoms with Gasteiger partial charge in [0.15, 0.2) is 0 Å². The number of ether oxygens (including phenoxy) is 1. The number of aromatic nitrogens is 1. The van der Waals surface area contributed by atoms with Gasteiger partial charge in [-0.3, -0.25) is 9.59 Å². The number of nitrogens with zero attached hydrogens (tertiary/aromatic N) is 3. The summed E-state index contributed by atoms with van der Waals surface area (Å²) in [5, 5.41) is 0. The highest BCUT2D eigenvalue weighted by atomic mass is 19.1. The lowest BCUT2D eigenvalue weighted by Gasteiger charge is -2.28. The highest BCUT2D eigenvalue weighted by Crippen LogP contribution is 2.15. The highest BCUT2D eigenvalue weighted by molar-refractivity contribution is 5.84. The lowest BCUT2D eigenvalue weighted by Crippen LogP contribution is -2.43. The number of benzene rings is 2. The van der Waals surface area contributed by atoms with Crippen LogP contribution in [0.25, 0.3) is 0 Å². The zero-order valence-electron chi connectivity index (χ0n) is 22.7. The Labute approximate surface area is 226 Å². The first-order chi connectivity index (χ1) is 18.5. The van der Waals surface area contributed by atoms with E-state index in [1.165, 1.54) is 12.1 Å². The average molecular weight is 522 g/mol. The molecule has 0 bridgehead atoms. The van der Waals surface area contributed by atoms with Crippen molar-refractivity contribution in [3.8, 4) is 0 Å². The summed E-state index contributed by atoms with van der Waals surface area (Å²) in [5.41, 5.74) is 2.98. The van der Waals surface area contributed by atoms with Crippen LogP contribution >= 0.6 is 0 Å². The maximum atomic E-state index is 13.7. The predicted octanol–water partition coefficient (Wildman–Crippen LogP) is 5.65. The van der Waals surface area contributed by atoms with Gasteiger partial charge in [-0.05, 0) is 55.2 Å². The van der Waals surface area contributed by atoms with E-state index >= 15 is 0 Å². The number of hydrogen-bond acceptors (Lipinski definition) is 3. The van der Waals surface area contributed by atoms with Crippen LogP contribution in [0.5, 0.6) is 0 Å². The van der Waals surface area contributed by atoms with E-state index in [-0.39, 0.29) is 24.2 Å². The number of rotatable bonds is 16. The molecule has 3 aromatic rings. The Bertz CT molecular complexity index is 1110. The summed E-state index contributed by atoms with van der Waals surface area (Å²) in [6.07, 6.45) is 4.84. The molecule has 0 radical (unpaired) electrons. The molecule has 1 aromatic heterocycles. The molecule has 1 heterocycles. The average Bonchev–Trinajstić information content (AvgIpc) is 3.36. The maximum absolute atomic E-state index is 13.7. The molecule has 0 aliphatic carbocycles. The topological polar surface area (TPSA) is 54.8 Å². The molecule has 0 unspecified atom stereocenters. The summed E-state index contributed by atoms with van der Waals surface area (Å²) in [6, 6.07) is 20.3. The molecule has 2 aromatic carbocycles. The van der Waals surface area contributed by atoms with Crippen LogP contribution in [0.2, 0.25) is 0 Å². The van der Waals surface area contributed by atoms with E-state index in [4.69, 9.17) is 4.74 Å². The largest absolute Gasteiger partial charge is 0.382 e. The van der Waals surface area contributed by atoms with Gasteiger partial charge in [-0.2, -0.15) is 0 Å². The summed E-state index contributed by atoms with van der Waals surface area (Å²) < 4.78 is 20.9. The Kier molecular flexibility index (Phi) is 12.0. The van der Waals surface area contributed by atoms with E-state index in [1.807, 2.05) is 60.5 Å². The number of halogens is 1. The maximum Gasteiger partial charge on any atom is 0.242 e. The van der Waals surface area contributed by atoms with Crippen molar-refractivity contribution in [1.29, 1.82) is 0 Å². The Balaban J connectivity index is 1.77. The first-order valence-electron chi connectivity index (χ1n) is 13.6. The molecule has 3 rings (SSSR count). The Hall–Kier alpha value is -3.45. The molecular formula is C31H40FN3O3. The van der Waals surface area contributed by atoms with Crippen LogP contribution in [-0.2, 0) is 34.0 Å². The second-order valence-corrected chi connectivity index (χ2v) is 9.46. The number of hydrogen-bond donors (Lipinski definition) is 0.